The maximum Gasteiger partial charge on any atom is 0.191 e. The summed E-state index contributed by atoms with van der Waals surface area (Å²) in [5.74, 6) is 0.660. The molecule has 0 bridgehead atoms. The van der Waals surface area contributed by atoms with E-state index in [2.05, 4.69) is 21.3 Å². The Bertz CT molecular complexity index is 988. The molecule has 0 atom stereocenters. The van der Waals surface area contributed by atoms with Gasteiger partial charge in [0.15, 0.2) is 16.8 Å². The number of ketones is 1. The summed E-state index contributed by atoms with van der Waals surface area (Å²) >= 11 is 1.34. The number of aryl methyl sites for hydroxylation is 1. The van der Waals surface area contributed by atoms with Crippen LogP contribution in [-0.4, -0.2) is 30.9 Å². The molecule has 0 amide bonds. The maximum absolute atomic E-state index is 13.1. The molecule has 0 aliphatic carbocycles. The first-order valence-corrected chi connectivity index (χ1v) is 9.50. The van der Waals surface area contributed by atoms with Gasteiger partial charge in [0.05, 0.1) is 5.75 Å². The van der Waals surface area contributed by atoms with Crippen molar-refractivity contribution in [2.75, 3.05) is 5.75 Å². The standard InChI is InChI=1S/C20H21FN4OS/c1-5-10-25-13(2)11-17(14(25)3)18(26)12-27-20-23-22-19(24(20)4)15-6-8-16(21)9-7-15/h5-9,11H,1,10,12H2,2-4H3. The molecule has 0 saturated carbocycles. The first-order chi connectivity index (χ1) is 12.9. The molecule has 3 aromatic rings. The molecule has 3 rings (SSSR count). The van der Waals surface area contributed by atoms with Crippen molar-refractivity contribution in [1.29, 1.82) is 0 Å². The highest BCUT2D eigenvalue weighted by Gasteiger charge is 2.18. The Morgan fingerprint density at radius 3 is 2.63 bits per heavy atom. The maximum atomic E-state index is 13.1. The molecule has 7 heteroatoms. The minimum Gasteiger partial charge on any atom is -0.345 e. The minimum atomic E-state index is -0.296. The van der Waals surface area contributed by atoms with Crippen LogP contribution in [0.3, 0.4) is 0 Å². The molecule has 0 spiro atoms. The van der Waals surface area contributed by atoms with Crippen LogP contribution in [0.15, 0.2) is 48.1 Å². The molecule has 0 unspecified atom stereocenters. The van der Waals surface area contributed by atoms with E-state index in [1.807, 2.05) is 37.6 Å². The first kappa shape index (κ1) is 19.1. The van der Waals surface area contributed by atoms with Crippen LogP contribution in [0, 0.1) is 19.7 Å². The quantitative estimate of drug-likeness (QED) is 0.348. The molecule has 2 aromatic heterocycles. The average Bonchev–Trinajstić information content (AvgIpc) is 3.15. The van der Waals surface area contributed by atoms with Gasteiger partial charge in [-0.1, -0.05) is 17.8 Å². The largest absolute Gasteiger partial charge is 0.345 e. The predicted molar refractivity (Wildman–Crippen MR) is 106 cm³/mol. The Morgan fingerprint density at radius 1 is 1.26 bits per heavy atom. The molecule has 5 nitrogen and oxygen atoms in total. The van der Waals surface area contributed by atoms with Crippen molar-refractivity contribution in [1.82, 2.24) is 19.3 Å². The minimum absolute atomic E-state index is 0.0507. The average molecular weight is 384 g/mol. The molecule has 2 heterocycles. The Morgan fingerprint density at radius 2 is 1.96 bits per heavy atom. The number of carbonyl (C=O) groups excluding carboxylic acids is 1. The monoisotopic (exact) mass is 384 g/mol. The van der Waals surface area contributed by atoms with Gasteiger partial charge in [0, 0.05) is 36.1 Å². The second kappa shape index (κ2) is 7.92. The van der Waals surface area contributed by atoms with Gasteiger partial charge in [-0.2, -0.15) is 0 Å². The topological polar surface area (TPSA) is 52.7 Å². The highest BCUT2D eigenvalue weighted by molar-refractivity contribution is 7.99. The third-order valence-corrected chi connectivity index (χ3v) is 5.48. The van der Waals surface area contributed by atoms with Crippen LogP contribution in [0.2, 0.25) is 0 Å². The lowest BCUT2D eigenvalue weighted by molar-refractivity contribution is 0.102. The number of rotatable bonds is 7. The molecule has 0 radical (unpaired) electrons. The summed E-state index contributed by atoms with van der Waals surface area (Å²) in [4.78, 5) is 12.7. The Balaban J connectivity index is 1.74. The highest BCUT2D eigenvalue weighted by atomic mass is 32.2. The van der Waals surface area contributed by atoms with E-state index in [4.69, 9.17) is 0 Å². The number of aromatic nitrogens is 4. The van der Waals surface area contributed by atoms with Crippen LogP contribution in [0.1, 0.15) is 21.7 Å². The van der Waals surface area contributed by atoms with Gasteiger partial charge in [-0.05, 0) is 44.2 Å². The number of hydrogen-bond donors (Lipinski definition) is 0. The van der Waals surface area contributed by atoms with Gasteiger partial charge in [0.2, 0.25) is 0 Å². The first-order valence-electron chi connectivity index (χ1n) is 8.51. The van der Waals surface area contributed by atoms with E-state index in [0.717, 1.165) is 22.5 Å². The molecule has 0 fully saturated rings. The van der Waals surface area contributed by atoms with E-state index >= 15 is 0 Å². The summed E-state index contributed by atoms with van der Waals surface area (Å²) in [7, 11) is 1.83. The molecule has 0 aliphatic heterocycles. The van der Waals surface area contributed by atoms with Crippen molar-refractivity contribution in [2.24, 2.45) is 7.05 Å². The third kappa shape index (κ3) is 3.88. The molecule has 0 aliphatic rings. The number of Topliss-reactive ketones (excluding diaryl/α,β-unsaturated/α-hetero) is 1. The van der Waals surface area contributed by atoms with E-state index in [9.17, 15) is 9.18 Å². The second-order valence-electron chi connectivity index (χ2n) is 6.27. The fourth-order valence-electron chi connectivity index (χ4n) is 2.99. The second-order valence-corrected chi connectivity index (χ2v) is 7.21. The summed E-state index contributed by atoms with van der Waals surface area (Å²) < 4.78 is 17.0. The molecule has 0 saturated heterocycles. The molecule has 1 aromatic carbocycles. The summed E-state index contributed by atoms with van der Waals surface area (Å²) in [6, 6.07) is 8.02. The highest BCUT2D eigenvalue weighted by Crippen LogP contribution is 2.24. The van der Waals surface area contributed by atoms with Crippen molar-refractivity contribution in [3.8, 4) is 11.4 Å². The summed E-state index contributed by atoms with van der Waals surface area (Å²) in [6.07, 6.45) is 1.82. The summed E-state index contributed by atoms with van der Waals surface area (Å²) in [5.41, 5.74) is 3.49. The summed E-state index contributed by atoms with van der Waals surface area (Å²) in [6.45, 7) is 8.38. The lowest BCUT2D eigenvalue weighted by Crippen LogP contribution is -2.07. The van der Waals surface area contributed by atoms with Gasteiger partial charge >= 0.3 is 0 Å². The number of nitrogens with zero attached hydrogens (tertiary/aromatic N) is 4. The number of benzene rings is 1. The third-order valence-electron chi connectivity index (χ3n) is 4.46. The van der Waals surface area contributed by atoms with Crippen LogP contribution in [-0.2, 0) is 13.6 Å². The van der Waals surface area contributed by atoms with E-state index in [0.29, 0.717) is 17.5 Å². The fraction of sp³-hybridized carbons (Fsp3) is 0.250. The molecular formula is C20H21FN4OS. The van der Waals surface area contributed by atoms with E-state index in [1.54, 1.807) is 12.1 Å². The van der Waals surface area contributed by atoms with Crippen molar-refractivity contribution < 1.29 is 9.18 Å². The van der Waals surface area contributed by atoms with Crippen molar-refractivity contribution in [3.63, 3.8) is 0 Å². The van der Waals surface area contributed by atoms with Crippen molar-refractivity contribution in [2.45, 2.75) is 25.5 Å². The van der Waals surface area contributed by atoms with Gasteiger partial charge in [-0.25, -0.2) is 4.39 Å². The van der Waals surface area contributed by atoms with E-state index < -0.39 is 0 Å². The van der Waals surface area contributed by atoms with Gasteiger partial charge in [-0.3, -0.25) is 4.79 Å². The Kier molecular flexibility index (Phi) is 5.60. The van der Waals surface area contributed by atoms with E-state index in [-0.39, 0.29) is 17.4 Å². The van der Waals surface area contributed by atoms with Crippen molar-refractivity contribution in [3.05, 3.63) is 65.8 Å². The van der Waals surface area contributed by atoms with Crippen LogP contribution in [0.5, 0.6) is 0 Å². The van der Waals surface area contributed by atoms with Crippen LogP contribution >= 0.6 is 11.8 Å². The zero-order valence-electron chi connectivity index (χ0n) is 15.6. The Labute approximate surface area is 161 Å². The lowest BCUT2D eigenvalue weighted by Gasteiger charge is -2.06. The molecular weight excluding hydrogens is 363 g/mol. The molecule has 140 valence electrons. The molecule has 0 N–H and O–H groups in total. The van der Waals surface area contributed by atoms with E-state index in [1.165, 1.54) is 23.9 Å². The number of carbonyl (C=O) groups is 1. The fourth-order valence-corrected chi connectivity index (χ4v) is 3.79. The van der Waals surface area contributed by atoms with Crippen LogP contribution < -0.4 is 0 Å². The summed E-state index contributed by atoms with van der Waals surface area (Å²) in [5, 5.41) is 8.98. The van der Waals surface area contributed by atoms with Crippen LogP contribution in [0.4, 0.5) is 4.39 Å². The lowest BCUT2D eigenvalue weighted by atomic mass is 10.2. The zero-order valence-corrected chi connectivity index (χ0v) is 16.4. The smallest absolute Gasteiger partial charge is 0.191 e. The number of allylic oxidation sites excluding steroid dienone is 1. The molecule has 27 heavy (non-hydrogen) atoms. The van der Waals surface area contributed by atoms with Gasteiger partial charge in [-0.15, -0.1) is 16.8 Å². The number of hydrogen-bond acceptors (Lipinski definition) is 4. The van der Waals surface area contributed by atoms with Gasteiger partial charge < -0.3 is 9.13 Å². The van der Waals surface area contributed by atoms with Gasteiger partial charge in [0.1, 0.15) is 5.82 Å². The predicted octanol–water partition coefficient (Wildman–Crippen LogP) is 4.20. The zero-order chi connectivity index (χ0) is 19.6. The van der Waals surface area contributed by atoms with Gasteiger partial charge in [0.25, 0.3) is 0 Å². The van der Waals surface area contributed by atoms with Crippen molar-refractivity contribution >= 4 is 17.5 Å². The Hall–Kier alpha value is -2.67. The SMILES string of the molecule is C=CCn1c(C)cc(C(=O)CSc2nnc(-c3ccc(F)cc3)n2C)c1C. The van der Waals surface area contributed by atoms with Crippen LogP contribution in [0.25, 0.3) is 11.4 Å². The normalized spacial score (nSPS) is 11.0. The number of thioether (sulfide) groups is 1. The number of halogens is 1.